The fourth-order valence-electron chi connectivity index (χ4n) is 2.29. The lowest BCUT2D eigenvalue weighted by Gasteiger charge is -2.35. The molecule has 0 aliphatic carbocycles. The second-order valence-corrected chi connectivity index (χ2v) is 4.66. The van der Waals surface area contributed by atoms with Crippen molar-refractivity contribution in [1.29, 1.82) is 0 Å². The molecule has 0 bridgehead atoms. The van der Waals surface area contributed by atoms with E-state index in [4.69, 9.17) is 9.47 Å². The van der Waals surface area contributed by atoms with Crippen LogP contribution >= 0.6 is 0 Å². The molecule has 100 valence electrons. The predicted octanol–water partition coefficient (Wildman–Crippen LogP) is 1.43. The van der Waals surface area contributed by atoms with E-state index in [0.29, 0.717) is 31.2 Å². The van der Waals surface area contributed by atoms with E-state index >= 15 is 0 Å². The van der Waals surface area contributed by atoms with Gasteiger partial charge in [-0.2, -0.15) is 0 Å². The summed E-state index contributed by atoms with van der Waals surface area (Å²) in [6.45, 7) is 7.45. The molecule has 0 spiro atoms. The van der Waals surface area contributed by atoms with Crippen LogP contribution in [0.2, 0.25) is 0 Å². The number of ether oxygens (including phenoxy) is 2. The molecule has 2 rings (SSSR count). The largest absolute Gasteiger partial charge is 0.381 e. The highest BCUT2D eigenvalue weighted by Gasteiger charge is 2.38. The molecule has 2 heterocycles. The first kappa shape index (κ1) is 13.2. The molecule has 0 aromatic carbocycles. The van der Waals surface area contributed by atoms with Gasteiger partial charge in [-0.3, -0.25) is 4.79 Å². The maximum atomic E-state index is 11.9. The zero-order valence-electron chi connectivity index (χ0n) is 11.2. The van der Waals surface area contributed by atoms with E-state index in [1.165, 1.54) is 0 Å². The Morgan fingerprint density at radius 3 is 2.61 bits per heavy atom. The van der Waals surface area contributed by atoms with Crippen molar-refractivity contribution < 1.29 is 9.47 Å². The minimum Gasteiger partial charge on any atom is -0.381 e. The molecule has 0 saturated carbocycles. The molecule has 0 radical (unpaired) electrons. The summed E-state index contributed by atoms with van der Waals surface area (Å²) in [5.41, 5.74) is 0.852. The molecule has 0 amide bonds. The first-order valence-corrected chi connectivity index (χ1v) is 6.39. The van der Waals surface area contributed by atoms with Crippen LogP contribution in [0.15, 0.2) is 4.79 Å². The topological polar surface area (TPSA) is 64.2 Å². The Kier molecular flexibility index (Phi) is 3.82. The third kappa shape index (κ3) is 2.33. The Labute approximate surface area is 107 Å². The molecule has 1 fully saturated rings. The van der Waals surface area contributed by atoms with E-state index in [9.17, 15) is 4.79 Å². The summed E-state index contributed by atoms with van der Waals surface area (Å²) in [5.74, 6) is 0.640. The number of aromatic amines is 1. The van der Waals surface area contributed by atoms with Crippen LogP contribution in [0, 0.1) is 13.8 Å². The number of nitrogens with zero attached hydrogens (tertiary/aromatic N) is 1. The van der Waals surface area contributed by atoms with E-state index in [1.54, 1.807) is 6.92 Å². The van der Waals surface area contributed by atoms with Gasteiger partial charge < -0.3 is 14.5 Å². The molecular formula is C13H20N2O3. The predicted molar refractivity (Wildman–Crippen MR) is 67.7 cm³/mol. The summed E-state index contributed by atoms with van der Waals surface area (Å²) < 4.78 is 11.3. The van der Waals surface area contributed by atoms with E-state index in [-0.39, 0.29) is 5.56 Å². The van der Waals surface area contributed by atoms with E-state index in [0.717, 1.165) is 18.5 Å². The van der Waals surface area contributed by atoms with Gasteiger partial charge in [0.25, 0.3) is 5.56 Å². The van der Waals surface area contributed by atoms with Crippen LogP contribution in [-0.2, 0) is 15.1 Å². The van der Waals surface area contributed by atoms with E-state index in [1.807, 2.05) is 13.8 Å². The minimum atomic E-state index is -0.495. The van der Waals surface area contributed by atoms with Crippen molar-refractivity contribution in [3.8, 4) is 0 Å². The molecule has 1 aliphatic heterocycles. The summed E-state index contributed by atoms with van der Waals surface area (Å²) in [6, 6.07) is 0. The Morgan fingerprint density at radius 2 is 2.06 bits per heavy atom. The normalized spacial score (nSPS) is 18.8. The van der Waals surface area contributed by atoms with Crippen LogP contribution in [0.4, 0.5) is 0 Å². The number of hydrogen-bond acceptors (Lipinski definition) is 4. The van der Waals surface area contributed by atoms with Gasteiger partial charge in [0.1, 0.15) is 11.4 Å². The molecule has 1 aromatic heterocycles. The Morgan fingerprint density at radius 1 is 1.39 bits per heavy atom. The van der Waals surface area contributed by atoms with Crippen LogP contribution in [-0.4, -0.2) is 29.8 Å². The van der Waals surface area contributed by atoms with Crippen molar-refractivity contribution in [1.82, 2.24) is 9.97 Å². The lowest BCUT2D eigenvalue weighted by Crippen LogP contribution is -2.40. The highest BCUT2D eigenvalue weighted by molar-refractivity contribution is 5.17. The SMILES string of the molecule is CCOC1(c2nc(C)c(C)c(=O)[nH]2)CCOCC1. The van der Waals surface area contributed by atoms with E-state index < -0.39 is 5.60 Å². The monoisotopic (exact) mass is 252 g/mol. The fourth-order valence-corrected chi connectivity index (χ4v) is 2.29. The van der Waals surface area contributed by atoms with Gasteiger partial charge in [0, 0.05) is 43.9 Å². The Bertz CT molecular complexity index is 470. The highest BCUT2D eigenvalue weighted by atomic mass is 16.5. The van der Waals surface area contributed by atoms with Crippen molar-refractivity contribution in [3.63, 3.8) is 0 Å². The fraction of sp³-hybridized carbons (Fsp3) is 0.692. The third-order valence-corrected chi connectivity index (χ3v) is 3.55. The van der Waals surface area contributed by atoms with Gasteiger partial charge in [0.2, 0.25) is 0 Å². The van der Waals surface area contributed by atoms with Crippen LogP contribution in [0.5, 0.6) is 0 Å². The molecular weight excluding hydrogens is 232 g/mol. The molecule has 0 atom stereocenters. The number of aryl methyl sites for hydroxylation is 1. The van der Waals surface area contributed by atoms with Crippen LogP contribution < -0.4 is 5.56 Å². The highest BCUT2D eigenvalue weighted by Crippen LogP contribution is 2.33. The van der Waals surface area contributed by atoms with Gasteiger partial charge in [-0.1, -0.05) is 0 Å². The molecule has 1 aliphatic rings. The first-order valence-electron chi connectivity index (χ1n) is 6.39. The average Bonchev–Trinajstić information content (AvgIpc) is 2.37. The van der Waals surface area contributed by atoms with Gasteiger partial charge >= 0.3 is 0 Å². The number of hydrogen-bond donors (Lipinski definition) is 1. The van der Waals surface area contributed by atoms with Crippen molar-refractivity contribution >= 4 is 0 Å². The molecule has 1 aromatic rings. The average molecular weight is 252 g/mol. The van der Waals surface area contributed by atoms with Crippen LogP contribution in [0.1, 0.15) is 36.8 Å². The molecule has 18 heavy (non-hydrogen) atoms. The quantitative estimate of drug-likeness (QED) is 0.884. The molecule has 5 nitrogen and oxygen atoms in total. The number of rotatable bonds is 3. The zero-order valence-corrected chi connectivity index (χ0v) is 11.2. The van der Waals surface area contributed by atoms with Gasteiger partial charge in [-0.15, -0.1) is 0 Å². The number of H-pyrrole nitrogens is 1. The van der Waals surface area contributed by atoms with Crippen molar-refractivity contribution in [3.05, 3.63) is 27.4 Å². The van der Waals surface area contributed by atoms with Crippen LogP contribution in [0.25, 0.3) is 0 Å². The molecule has 0 unspecified atom stereocenters. The van der Waals surface area contributed by atoms with Crippen molar-refractivity contribution in [2.45, 2.75) is 39.2 Å². The first-order chi connectivity index (χ1) is 8.59. The molecule has 1 saturated heterocycles. The summed E-state index contributed by atoms with van der Waals surface area (Å²) in [7, 11) is 0. The standard InChI is InChI=1S/C13H20N2O3/c1-4-18-13(5-7-17-8-6-13)12-14-10(3)9(2)11(16)15-12/h4-8H2,1-3H3,(H,14,15,16). The van der Waals surface area contributed by atoms with Gasteiger partial charge in [0.15, 0.2) is 0 Å². The second-order valence-electron chi connectivity index (χ2n) is 4.66. The number of aromatic nitrogens is 2. The van der Waals surface area contributed by atoms with E-state index in [2.05, 4.69) is 9.97 Å². The maximum absolute atomic E-state index is 11.9. The van der Waals surface area contributed by atoms with Crippen molar-refractivity contribution in [2.24, 2.45) is 0 Å². The molecule has 5 heteroatoms. The third-order valence-electron chi connectivity index (χ3n) is 3.55. The van der Waals surface area contributed by atoms with Gasteiger partial charge in [-0.05, 0) is 20.8 Å². The maximum Gasteiger partial charge on any atom is 0.254 e. The summed E-state index contributed by atoms with van der Waals surface area (Å²) in [5, 5.41) is 0. The minimum absolute atomic E-state index is 0.0805. The second kappa shape index (κ2) is 5.20. The van der Waals surface area contributed by atoms with Gasteiger partial charge in [-0.25, -0.2) is 4.98 Å². The Hall–Kier alpha value is -1.20. The Balaban J connectivity index is 2.45. The van der Waals surface area contributed by atoms with Gasteiger partial charge in [0.05, 0.1) is 0 Å². The number of nitrogens with one attached hydrogen (secondary N) is 1. The zero-order chi connectivity index (χ0) is 13.2. The lowest BCUT2D eigenvalue weighted by molar-refractivity contribution is -0.118. The smallest absolute Gasteiger partial charge is 0.254 e. The summed E-state index contributed by atoms with van der Waals surface area (Å²) >= 11 is 0. The van der Waals surface area contributed by atoms with Crippen LogP contribution in [0.3, 0.4) is 0 Å². The molecule has 1 N–H and O–H groups in total. The summed E-state index contributed by atoms with van der Waals surface area (Å²) in [6.07, 6.45) is 1.46. The summed E-state index contributed by atoms with van der Waals surface area (Å²) in [4.78, 5) is 19.2. The van der Waals surface area contributed by atoms with Crippen molar-refractivity contribution in [2.75, 3.05) is 19.8 Å². The lowest BCUT2D eigenvalue weighted by atomic mass is 9.92.